The summed E-state index contributed by atoms with van der Waals surface area (Å²) in [5, 5.41) is 17.5. The Hall–Kier alpha value is -1.11. The molecule has 13 heavy (non-hydrogen) atoms. The summed E-state index contributed by atoms with van der Waals surface area (Å²) in [7, 11) is 0. The van der Waals surface area contributed by atoms with Gasteiger partial charge in [-0.05, 0) is 0 Å². The molecule has 0 unspecified atom stereocenters. The Balaban J connectivity index is 0.000000424. The van der Waals surface area contributed by atoms with Gasteiger partial charge in [-0.1, -0.05) is 0 Å². The van der Waals surface area contributed by atoms with E-state index in [9.17, 15) is 4.79 Å². The average Bonchev–Trinajstić information content (AvgIpc) is 2.06. The molecular formula is C7H7NO4Sn-. The zero-order valence-electron chi connectivity index (χ0n) is 6.58. The summed E-state index contributed by atoms with van der Waals surface area (Å²) in [6.07, 6.45) is 0. The van der Waals surface area contributed by atoms with Gasteiger partial charge in [0, 0.05) is 0 Å². The summed E-state index contributed by atoms with van der Waals surface area (Å²) in [4.78, 5) is 18.3. The van der Waals surface area contributed by atoms with E-state index >= 15 is 0 Å². The zero-order chi connectivity index (χ0) is 10.1. The maximum atomic E-state index is 10.3. The number of hydrogen-bond donors (Lipinski definition) is 1. The van der Waals surface area contributed by atoms with Crippen molar-refractivity contribution in [1.82, 2.24) is 0 Å². The number of carboxylic acid groups (broad SMARTS) is 1. The fourth-order valence-electron chi connectivity index (χ4n) is 0.692. The zero-order valence-corrected chi connectivity index (χ0v) is 9.88. The van der Waals surface area contributed by atoms with E-state index in [0.29, 0.717) is 0 Å². The molecule has 1 rings (SSSR count). The van der Waals surface area contributed by atoms with Crippen LogP contribution in [0.3, 0.4) is 0 Å². The van der Waals surface area contributed by atoms with Crippen LogP contribution in [0.5, 0.6) is 0 Å². The van der Waals surface area contributed by atoms with Gasteiger partial charge in [0.2, 0.25) is 0 Å². The van der Waals surface area contributed by atoms with Crippen molar-refractivity contribution in [2.75, 3.05) is 0 Å². The monoisotopic (exact) mass is 289 g/mol. The molecule has 0 saturated carbocycles. The molecule has 0 aromatic heterocycles. The first kappa shape index (κ1) is 11.9. The molecule has 0 heterocycles. The molecule has 0 fully saturated rings. The van der Waals surface area contributed by atoms with Gasteiger partial charge in [-0.15, -0.1) is 5.34 Å². The number of carbonyl (C=O) groups is 1. The molecule has 0 spiro atoms. The molecule has 0 amide bonds. The molecule has 6 heteroatoms. The Kier molecular flexibility index (Phi) is 6.89. The first-order valence-electron chi connectivity index (χ1n) is 3.28. The second-order valence-electron chi connectivity index (χ2n) is 1.97. The van der Waals surface area contributed by atoms with Crippen LogP contribution in [0.1, 0.15) is 0 Å². The Labute approximate surface area is 84.5 Å². The van der Waals surface area contributed by atoms with Crippen molar-refractivity contribution in [3.8, 4) is 0 Å². The van der Waals surface area contributed by atoms with E-state index in [2.05, 4.69) is 0 Å². The van der Waals surface area contributed by atoms with Gasteiger partial charge in [0.25, 0.3) is 0 Å². The maximum absolute atomic E-state index is 10.3. The van der Waals surface area contributed by atoms with Gasteiger partial charge in [-0.2, -0.15) is 0 Å². The molecule has 0 bridgehead atoms. The second kappa shape index (κ2) is 7.53. The Morgan fingerprint density at radius 1 is 1.38 bits per heavy atom. The summed E-state index contributed by atoms with van der Waals surface area (Å²) in [5.74, 6) is 0. The molecule has 0 aliphatic heterocycles. The van der Waals surface area contributed by atoms with Crippen LogP contribution in [0.2, 0.25) is 0 Å². The fraction of sp³-hybridized carbons (Fsp3) is 0. The average molecular weight is 288 g/mol. The normalized spacial score (nSPS) is 8.00. The third-order valence-electron chi connectivity index (χ3n) is 1.09. The number of rotatable bonds is 2. The minimum absolute atomic E-state index is 0.596. The molecule has 1 aromatic carbocycles. The van der Waals surface area contributed by atoms with Gasteiger partial charge >= 0.3 is 68.9 Å². The molecule has 0 atom stereocenters. The summed E-state index contributed by atoms with van der Waals surface area (Å²) >= 11 is -1.49. The van der Waals surface area contributed by atoms with Crippen molar-refractivity contribution in [2.24, 2.45) is 5.34 Å². The SMILES string of the molecule is O=N[O-].O=[C](O)[SnH][c]1ccccc1. The van der Waals surface area contributed by atoms with Gasteiger partial charge < -0.3 is 10.1 Å². The van der Waals surface area contributed by atoms with Crippen LogP contribution >= 0.6 is 0 Å². The van der Waals surface area contributed by atoms with Gasteiger partial charge in [0.1, 0.15) is 0 Å². The standard InChI is InChI=1S/C6H5.CHO2.HNO2.Sn.H/c1-2-4-6-5-3-1;2*2-1-3;;/h1-5H;2*(H,2,3);;/p-1. The van der Waals surface area contributed by atoms with Crippen molar-refractivity contribution in [1.29, 1.82) is 0 Å². The van der Waals surface area contributed by atoms with E-state index in [0.717, 1.165) is 8.92 Å². The van der Waals surface area contributed by atoms with Gasteiger partial charge in [-0.25, -0.2) is 0 Å². The summed E-state index contributed by atoms with van der Waals surface area (Å²) in [5.41, 5.74) is 0. The van der Waals surface area contributed by atoms with Crippen LogP contribution in [0, 0.1) is 10.1 Å². The molecule has 69 valence electrons. The van der Waals surface area contributed by atoms with E-state index < -0.39 is 25.1 Å². The van der Waals surface area contributed by atoms with Crippen molar-refractivity contribution < 1.29 is 9.90 Å². The first-order valence-corrected chi connectivity index (χ1v) is 6.58. The van der Waals surface area contributed by atoms with E-state index in [1.54, 1.807) is 0 Å². The summed E-state index contributed by atoms with van der Waals surface area (Å²) < 4.78 is 0.437. The molecule has 5 nitrogen and oxygen atoms in total. The van der Waals surface area contributed by atoms with E-state index in [1.165, 1.54) is 0 Å². The minimum atomic E-state index is -1.49. The second-order valence-corrected chi connectivity index (χ2v) is 6.10. The van der Waals surface area contributed by atoms with Crippen molar-refractivity contribution in [2.45, 2.75) is 0 Å². The third-order valence-corrected chi connectivity index (χ3v) is 3.84. The molecule has 1 radical (unpaired) electrons. The predicted octanol–water partition coefficient (Wildman–Crippen LogP) is 0.677. The number of nitrogens with zero attached hydrogens (tertiary/aromatic N) is 1. The molecule has 0 aliphatic rings. The summed E-state index contributed by atoms with van der Waals surface area (Å²) in [6, 6.07) is 9.42. The van der Waals surface area contributed by atoms with Gasteiger partial charge in [-0.3, -0.25) is 0 Å². The summed E-state index contributed by atoms with van der Waals surface area (Å²) in [6.45, 7) is 0. The predicted molar refractivity (Wildman–Crippen MR) is 50.4 cm³/mol. The van der Waals surface area contributed by atoms with E-state index in [1.807, 2.05) is 30.3 Å². The van der Waals surface area contributed by atoms with Crippen LogP contribution in [0.4, 0.5) is 4.79 Å². The topological polar surface area (TPSA) is 89.8 Å². The van der Waals surface area contributed by atoms with Crippen LogP contribution in [-0.4, -0.2) is 30.2 Å². The van der Waals surface area contributed by atoms with Gasteiger partial charge in [0.05, 0.1) is 0 Å². The van der Waals surface area contributed by atoms with Crippen LogP contribution in [0.25, 0.3) is 0 Å². The number of benzene rings is 1. The number of hydrogen-bond acceptors (Lipinski definition) is 4. The molecule has 0 aliphatic carbocycles. The molecule has 0 saturated heterocycles. The third kappa shape index (κ3) is 7.26. The van der Waals surface area contributed by atoms with Crippen molar-refractivity contribution in [3.05, 3.63) is 40.4 Å². The quantitative estimate of drug-likeness (QED) is 0.492. The van der Waals surface area contributed by atoms with Crippen molar-refractivity contribution >= 4 is 28.7 Å². The fourth-order valence-corrected chi connectivity index (χ4v) is 2.69. The van der Waals surface area contributed by atoms with Gasteiger partial charge in [0.15, 0.2) is 0 Å². The van der Waals surface area contributed by atoms with Crippen LogP contribution in [-0.2, 0) is 0 Å². The Morgan fingerprint density at radius 3 is 2.23 bits per heavy atom. The van der Waals surface area contributed by atoms with E-state index in [4.69, 9.17) is 15.2 Å². The molecule has 1 aromatic rings. The Morgan fingerprint density at radius 2 is 1.85 bits per heavy atom. The van der Waals surface area contributed by atoms with Crippen molar-refractivity contribution in [3.63, 3.8) is 0 Å². The van der Waals surface area contributed by atoms with Crippen LogP contribution < -0.4 is 3.58 Å². The van der Waals surface area contributed by atoms with Crippen LogP contribution in [0.15, 0.2) is 35.7 Å². The molecule has 1 N–H and O–H groups in total. The Bertz CT molecular complexity index is 264. The first-order chi connectivity index (χ1) is 6.20. The van der Waals surface area contributed by atoms with E-state index in [-0.39, 0.29) is 0 Å². The molecular weight excluding hydrogens is 281 g/mol.